The molecule has 0 aliphatic rings. The Labute approximate surface area is 96.4 Å². The van der Waals surface area contributed by atoms with E-state index in [9.17, 15) is 13.6 Å². The first-order valence-corrected chi connectivity index (χ1v) is 5.13. The smallest absolute Gasteiger partial charge is 0.339 e. The standard InChI is InChI=1S/C10H10ClF2NO2/c1-2-16-10(15)7-3-6(4-11)8(9(12)13)14-5-7/h3,5,9H,2,4H2,1H3. The summed E-state index contributed by atoms with van der Waals surface area (Å²) in [5.41, 5.74) is -0.132. The van der Waals surface area contributed by atoms with Crippen LogP contribution in [0.25, 0.3) is 0 Å². The monoisotopic (exact) mass is 249 g/mol. The van der Waals surface area contributed by atoms with Gasteiger partial charge in [0.25, 0.3) is 6.43 Å². The third kappa shape index (κ3) is 2.88. The first-order chi connectivity index (χ1) is 7.60. The zero-order chi connectivity index (χ0) is 12.1. The largest absolute Gasteiger partial charge is 0.462 e. The van der Waals surface area contributed by atoms with Crippen LogP contribution in [0.4, 0.5) is 8.78 Å². The van der Waals surface area contributed by atoms with Gasteiger partial charge in [-0.3, -0.25) is 4.98 Å². The number of aromatic nitrogens is 1. The number of halogens is 3. The molecule has 0 bridgehead atoms. The second-order valence-corrected chi connectivity index (χ2v) is 3.19. The molecule has 0 radical (unpaired) electrons. The Morgan fingerprint density at radius 1 is 1.62 bits per heavy atom. The SMILES string of the molecule is CCOC(=O)c1cnc(C(F)F)c(CCl)c1. The van der Waals surface area contributed by atoms with Crippen LogP contribution in [0.3, 0.4) is 0 Å². The molecule has 0 saturated heterocycles. The Hall–Kier alpha value is -1.23. The molecule has 16 heavy (non-hydrogen) atoms. The number of alkyl halides is 3. The molecule has 1 heterocycles. The van der Waals surface area contributed by atoms with E-state index >= 15 is 0 Å². The molecule has 1 rings (SSSR count). The minimum Gasteiger partial charge on any atom is -0.462 e. The van der Waals surface area contributed by atoms with Gasteiger partial charge in [-0.2, -0.15) is 0 Å². The Bertz CT molecular complexity index is 385. The van der Waals surface area contributed by atoms with Gasteiger partial charge in [0.15, 0.2) is 0 Å². The molecule has 6 heteroatoms. The van der Waals surface area contributed by atoms with Gasteiger partial charge >= 0.3 is 5.97 Å². The number of esters is 1. The molecule has 0 fully saturated rings. The lowest BCUT2D eigenvalue weighted by molar-refractivity contribution is 0.0525. The summed E-state index contributed by atoms with van der Waals surface area (Å²) in [4.78, 5) is 14.8. The quantitative estimate of drug-likeness (QED) is 0.608. The maximum Gasteiger partial charge on any atom is 0.339 e. The molecule has 3 nitrogen and oxygen atoms in total. The summed E-state index contributed by atoms with van der Waals surface area (Å²) in [6.45, 7) is 1.87. The summed E-state index contributed by atoms with van der Waals surface area (Å²) in [6, 6.07) is 1.28. The minimum atomic E-state index is -2.70. The van der Waals surface area contributed by atoms with E-state index in [1.807, 2.05) is 0 Å². The highest BCUT2D eigenvalue weighted by Gasteiger charge is 2.17. The van der Waals surface area contributed by atoms with E-state index in [-0.39, 0.29) is 23.6 Å². The van der Waals surface area contributed by atoms with Crippen LogP contribution in [0, 0.1) is 0 Å². The lowest BCUT2D eigenvalue weighted by Crippen LogP contribution is -2.07. The van der Waals surface area contributed by atoms with E-state index in [4.69, 9.17) is 16.3 Å². The van der Waals surface area contributed by atoms with Crippen LogP contribution in [-0.2, 0) is 10.6 Å². The van der Waals surface area contributed by atoms with E-state index in [1.165, 1.54) is 6.07 Å². The van der Waals surface area contributed by atoms with Crippen molar-refractivity contribution in [2.24, 2.45) is 0 Å². The first-order valence-electron chi connectivity index (χ1n) is 4.60. The maximum absolute atomic E-state index is 12.5. The first kappa shape index (κ1) is 12.8. The van der Waals surface area contributed by atoms with Crippen molar-refractivity contribution in [3.05, 3.63) is 29.1 Å². The minimum absolute atomic E-state index is 0.125. The van der Waals surface area contributed by atoms with Crippen molar-refractivity contribution in [3.63, 3.8) is 0 Å². The van der Waals surface area contributed by atoms with Crippen molar-refractivity contribution in [2.75, 3.05) is 6.61 Å². The third-order valence-electron chi connectivity index (χ3n) is 1.86. The zero-order valence-corrected chi connectivity index (χ0v) is 9.30. The molecule has 0 aromatic carbocycles. The number of pyridine rings is 1. The molecule has 0 spiro atoms. The van der Waals surface area contributed by atoms with Gasteiger partial charge in [-0.05, 0) is 18.6 Å². The molecule has 88 valence electrons. The highest BCUT2D eigenvalue weighted by Crippen LogP contribution is 2.22. The molecular weight excluding hydrogens is 240 g/mol. The van der Waals surface area contributed by atoms with E-state index in [2.05, 4.69) is 4.98 Å². The third-order valence-corrected chi connectivity index (χ3v) is 2.15. The summed E-state index contributed by atoms with van der Waals surface area (Å²) < 4.78 is 29.6. The van der Waals surface area contributed by atoms with Gasteiger partial charge in [-0.25, -0.2) is 13.6 Å². The van der Waals surface area contributed by atoms with Crippen molar-refractivity contribution in [2.45, 2.75) is 19.2 Å². The number of ether oxygens (including phenoxy) is 1. The van der Waals surface area contributed by atoms with E-state index < -0.39 is 18.1 Å². The normalized spacial score (nSPS) is 10.6. The van der Waals surface area contributed by atoms with E-state index in [1.54, 1.807) is 6.92 Å². The summed E-state index contributed by atoms with van der Waals surface area (Å²) in [5, 5.41) is 0. The number of hydrogen-bond acceptors (Lipinski definition) is 3. The number of rotatable bonds is 4. The molecule has 0 unspecified atom stereocenters. The predicted molar refractivity (Wildman–Crippen MR) is 54.7 cm³/mol. The van der Waals surface area contributed by atoms with Gasteiger partial charge in [-0.15, -0.1) is 11.6 Å². The predicted octanol–water partition coefficient (Wildman–Crippen LogP) is 2.93. The van der Waals surface area contributed by atoms with Gasteiger partial charge in [-0.1, -0.05) is 0 Å². The Morgan fingerprint density at radius 3 is 2.81 bits per heavy atom. The fourth-order valence-electron chi connectivity index (χ4n) is 1.15. The molecule has 0 N–H and O–H groups in total. The lowest BCUT2D eigenvalue weighted by atomic mass is 10.1. The van der Waals surface area contributed by atoms with Gasteiger partial charge < -0.3 is 4.74 Å². The number of carbonyl (C=O) groups is 1. The van der Waals surface area contributed by atoms with Crippen molar-refractivity contribution < 1.29 is 18.3 Å². The van der Waals surface area contributed by atoms with Crippen LogP contribution in [0.1, 0.15) is 35.0 Å². The van der Waals surface area contributed by atoms with E-state index in [0.29, 0.717) is 0 Å². The van der Waals surface area contributed by atoms with Gasteiger partial charge in [0.05, 0.1) is 12.2 Å². The van der Waals surface area contributed by atoms with Crippen LogP contribution in [0.2, 0.25) is 0 Å². The topological polar surface area (TPSA) is 39.2 Å². The molecule has 0 amide bonds. The second kappa shape index (κ2) is 5.75. The van der Waals surface area contributed by atoms with Crippen molar-refractivity contribution >= 4 is 17.6 Å². The number of carbonyl (C=O) groups excluding carboxylic acids is 1. The van der Waals surface area contributed by atoms with Crippen molar-refractivity contribution in [3.8, 4) is 0 Å². The molecule has 0 atom stereocenters. The van der Waals surface area contributed by atoms with Gasteiger partial charge in [0.1, 0.15) is 5.69 Å². The van der Waals surface area contributed by atoms with Crippen LogP contribution >= 0.6 is 11.6 Å². The molecule has 1 aromatic heterocycles. The Balaban J connectivity index is 3.04. The summed E-state index contributed by atoms with van der Waals surface area (Å²) in [7, 11) is 0. The average Bonchev–Trinajstić information content (AvgIpc) is 2.28. The lowest BCUT2D eigenvalue weighted by Gasteiger charge is -2.07. The molecule has 0 aliphatic carbocycles. The highest BCUT2D eigenvalue weighted by molar-refractivity contribution is 6.17. The van der Waals surface area contributed by atoms with Crippen molar-refractivity contribution in [1.29, 1.82) is 0 Å². The van der Waals surface area contributed by atoms with Gasteiger partial charge in [0.2, 0.25) is 0 Å². The van der Waals surface area contributed by atoms with Crippen molar-refractivity contribution in [1.82, 2.24) is 4.98 Å². The maximum atomic E-state index is 12.5. The van der Waals surface area contributed by atoms with E-state index in [0.717, 1.165) is 6.20 Å². The summed E-state index contributed by atoms with van der Waals surface area (Å²) >= 11 is 5.50. The van der Waals surface area contributed by atoms with Gasteiger partial charge in [0, 0.05) is 12.1 Å². The second-order valence-electron chi connectivity index (χ2n) is 2.92. The highest BCUT2D eigenvalue weighted by atomic mass is 35.5. The van der Waals surface area contributed by atoms with Crippen LogP contribution in [-0.4, -0.2) is 17.6 Å². The average molecular weight is 250 g/mol. The fraction of sp³-hybridized carbons (Fsp3) is 0.400. The van der Waals surface area contributed by atoms with Crippen LogP contribution in [0.15, 0.2) is 12.3 Å². The number of nitrogens with zero attached hydrogens (tertiary/aromatic N) is 1. The molecule has 1 aromatic rings. The zero-order valence-electron chi connectivity index (χ0n) is 8.54. The molecule has 0 saturated carbocycles. The van der Waals surface area contributed by atoms with Crippen LogP contribution < -0.4 is 0 Å². The van der Waals surface area contributed by atoms with Crippen LogP contribution in [0.5, 0.6) is 0 Å². The number of hydrogen-bond donors (Lipinski definition) is 0. The molecule has 0 aliphatic heterocycles. The fourth-order valence-corrected chi connectivity index (χ4v) is 1.36. The molecular formula is C10H10ClF2NO2. The Morgan fingerprint density at radius 2 is 2.31 bits per heavy atom. The Kier molecular flexibility index (Phi) is 4.61. The summed E-state index contributed by atoms with van der Waals surface area (Å²) in [5.74, 6) is -0.720. The summed E-state index contributed by atoms with van der Waals surface area (Å²) in [6.07, 6.45) is -1.64.